The van der Waals surface area contributed by atoms with Gasteiger partial charge in [-0.1, -0.05) is 37.5 Å². The summed E-state index contributed by atoms with van der Waals surface area (Å²) in [7, 11) is -1.67. The highest BCUT2D eigenvalue weighted by Gasteiger charge is 2.25. The number of piperidine rings is 1. The molecule has 5 nitrogen and oxygen atoms in total. The predicted molar refractivity (Wildman–Crippen MR) is 132 cm³/mol. The quantitative estimate of drug-likeness (QED) is 0.431. The maximum atomic E-state index is 12.8. The summed E-state index contributed by atoms with van der Waals surface area (Å²) in [4.78, 5) is 2.56. The Morgan fingerprint density at radius 2 is 1.67 bits per heavy atom. The molecule has 2 aromatic carbocycles. The largest absolute Gasteiger partial charge is 0.379 e. The second kappa shape index (κ2) is 9.51. The molecule has 33 heavy (non-hydrogen) atoms. The molecule has 6 heteroatoms. The Labute approximate surface area is 197 Å². The van der Waals surface area contributed by atoms with Gasteiger partial charge in [-0.3, -0.25) is 0 Å². The SMILES string of the molecule is CN1CCC(c2cn(CC3CCCCC3)c3ccc(OS(=O)(=O)c4ccccc4)cc23)CC1. The zero-order valence-corrected chi connectivity index (χ0v) is 20.3. The number of benzene rings is 2. The first-order valence-corrected chi connectivity index (χ1v) is 13.7. The Morgan fingerprint density at radius 1 is 0.939 bits per heavy atom. The van der Waals surface area contributed by atoms with E-state index in [0.29, 0.717) is 11.7 Å². The highest BCUT2D eigenvalue weighted by Crippen LogP contribution is 2.37. The number of rotatable bonds is 6. The van der Waals surface area contributed by atoms with Crippen LogP contribution in [0.5, 0.6) is 5.75 Å². The predicted octanol–water partition coefficient (Wildman–Crippen LogP) is 5.80. The third-order valence-corrected chi connectivity index (χ3v) is 8.72. The van der Waals surface area contributed by atoms with Gasteiger partial charge in [0.2, 0.25) is 0 Å². The van der Waals surface area contributed by atoms with E-state index in [9.17, 15) is 8.42 Å². The molecule has 0 N–H and O–H groups in total. The van der Waals surface area contributed by atoms with Crippen molar-refractivity contribution < 1.29 is 12.6 Å². The molecule has 0 amide bonds. The fourth-order valence-corrected chi connectivity index (χ4v) is 6.51. The number of aromatic nitrogens is 1. The Morgan fingerprint density at radius 3 is 2.39 bits per heavy atom. The summed E-state index contributed by atoms with van der Waals surface area (Å²) in [6, 6.07) is 14.2. The van der Waals surface area contributed by atoms with Crippen molar-refractivity contribution >= 4 is 21.0 Å². The van der Waals surface area contributed by atoms with Gasteiger partial charge in [-0.25, -0.2) is 0 Å². The highest BCUT2D eigenvalue weighted by molar-refractivity contribution is 7.87. The molecular weight excluding hydrogens is 432 g/mol. The topological polar surface area (TPSA) is 51.5 Å². The maximum Gasteiger partial charge on any atom is 0.339 e. The van der Waals surface area contributed by atoms with E-state index in [1.54, 1.807) is 36.4 Å². The lowest BCUT2D eigenvalue weighted by Crippen LogP contribution is -2.29. The lowest BCUT2D eigenvalue weighted by atomic mass is 9.89. The van der Waals surface area contributed by atoms with Gasteiger partial charge in [0.15, 0.2) is 0 Å². The fraction of sp³-hybridized carbons (Fsp3) is 0.481. The number of likely N-dealkylation sites (tertiary alicyclic amines) is 1. The van der Waals surface area contributed by atoms with Gasteiger partial charge >= 0.3 is 10.1 Å². The summed E-state index contributed by atoms with van der Waals surface area (Å²) in [5.41, 5.74) is 2.54. The average Bonchev–Trinajstić information content (AvgIpc) is 3.18. The van der Waals surface area contributed by atoms with Gasteiger partial charge in [-0.15, -0.1) is 0 Å². The molecule has 5 rings (SSSR count). The fourth-order valence-electron chi connectivity index (χ4n) is 5.56. The first-order chi connectivity index (χ1) is 16.0. The van der Waals surface area contributed by atoms with Crippen molar-refractivity contribution in [2.75, 3.05) is 20.1 Å². The molecule has 176 valence electrons. The summed E-state index contributed by atoms with van der Waals surface area (Å²) in [6.07, 6.45) is 11.3. The number of hydrogen-bond acceptors (Lipinski definition) is 4. The van der Waals surface area contributed by atoms with Gasteiger partial charge in [-0.2, -0.15) is 8.42 Å². The molecule has 1 aromatic heterocycles. The molecule has 0 unspecified atom stereocenters. The lowest BCUT2D eigenvalue weighted by molar-refractivity contribution is 0.255. The molecule has 2 fully saturated rings. The van der Waals surface area contributed by atoms with Gasteiger partial charge in [0.05, 0.1) is 0 Å². The molecule has 0 spiro atoms. The van der Waals surface area contributed by atoms with Crippen molar-refractivity contribution in [3.8, 4) is 5.75 Å². The average molecular weight is 467 g/mol. The molecule has 2 aliphatic rings. The van der Waals surface area contributed by atoms with Crippen LogP contribution in [0.25, 0.3) is 10.9 Å². The van der Waals surface area contributed by atoms with Crippen molar-refractivity contribution in [2.45, 2.75) is 62.3 Å². The Balaban J connectivity index is 1.49. The van der Waals surface area contributed by atoms with E-state index < -0.39 is 10.1 Å². The smallest absolute Gasteiger partial charge is 0.339 e. The summed E-state index contributed by atoms with van der Waals surface area (Å²) >= 11 is 0. The van der Waals surface area contributed by atoms with Gasteiger partial charge in [0.25, 0.3) is 0 Å². The van der Waals surface area contributed by atoms with E-state index in [2.05, 4.69) is 22.7 Å². The van der Waals surface area contributed by atoms with E-state index in [-0.39, 0.29) is 4.90 Å². The summed E-state index contributed by atoms with van der Waals surface area (Å²) < 4.78 is 33.6. The normalized spacial score (nSPS) is 19.2. The number of nitrogens with zero attached hydrogens (tertiary/aromatic N) is 2. The minimum absolute atomic E-state index is 0.176. The van der Waals surface area contributed by atoms with Gasteiger partial charge in [0, 0.05) is 23.6 Å². The molecular formula is C27H34N2O3S. The van der Waals surface area contributed by atoms with E-state index in [0.717, 1.165) is 43.8 Å². The minimum atomic E-state index is -3.86. The second-order valence-electron chi connectivity index (χ2n) is 9.85. The van der Waals surface area contributed by atoms with Crippen LogP contribution < -0.4 is 4.18 Å². The number of fused-ring (bicyclic) bond motifs is 1. The summed E-state index contributed by atoms with van der Waals surface area (Å²) in [5, 5.41) is 1.14. The number of hydrogen-bond donors (Lipinski definition) is 0. The highest BCUT2D eigenvalue weighted by atomic mass is 32.2. The van der Waals surface area contributed by atoms with Crippen molar-refractivity contribution in [1.29, 1.82) is 0 Å². The minimum Gasteiger partial charge on any atom is -0.379 e. The summed E-state index contributed by atoms with van der Waals surface area (Å²) in [5.74, 6) is 1.61. The van der Waals surface area contributed by atoms with Gasteiger partial charge < -0.3 is 13.7 Å². The first kappa shape index (κ1) is 22.5. The van der Waals surface area contributed by atoms with Crippen LogP contribution in [0.2, 0.25) is 0 Å². The van der Waals surface area contributed by atoms with Crippen LogP contribution in [0.15, 0.2) is 59.6 Å². The molecule has 1 aliphatic carbocycles. The molecule has 0 radical (unpaired) electrons. The van der Waals surface area contributed by atoms with Crippen LogP contribution in [0, 0.1) is 5.92 Å². The van der Waals surface area contributed by atoms with Gasteiger partial charge in [0.1, 0.15) is 10.6 Å². The van der Waals surface area contributed by atoms with Crippen molar-refractivity contribution in [3.05, 3.63) is 60.3 Å². The van der Waals surface area contributed by atoms with Crippen LogP contribution >= 0.6 is 0 Å². The standard InChI is InChI=1S/C27H34N2O3S/c1-28-16-14-22(15-17-28)26-20-29(19-21-8-4-2-5-9-21)27-13-12-23(18-25(26)27)32-33(30,31)24-10-6-3-7-11-24/h3,6-7,10-13,18,20-22H,2,4-5,8-9,14-17,19H2,1H3. The van der Waals surface area contributed by atoms with Crippen molar-refractivity contribution in [3.63, 3.8) is 0 Å². The van der Waals surface area contributed by atoms with E-state index in [1.165, 1.54) is 43.2 Å². The van der Waals surface area contributed by atoms with Crippen molar-refractivity contribution in [2.24, 2.45) is 5.92 Å². The third-order valence-electron chi connectivity index (χ3n) is 7.46. The van der Waals surface area contributed by atoms with Crippen LogP contribution in [0.4, 0.5) is 0 Å². The molecule has 1 aliphatic heterocycles. The van der Waals surface area contributed by atoms with E-state index in [1.807, 2.05) is 12.1 Å². The molecule has 0 bridgehead atoms. The molecule has 1 saturated heterocycles. The molecule has 1 saturated carbocycles. The van der Waals surface area contributed by atoms with Gasteiger partial charge in [-0.05, 0) is 93.6 Å². The van der Waals surface area contributed by atoms with Crippen molar-refractivity contribution in [1.82, 2.24) is 9.47 Å². The first-order valence-electron chi connectivity index (χ1n) is 12.3. The van der Waals surface area contributed by atoms with E-state index in [4.69, 9.17) is 4.18 Å². The lowest BCUT2D eigenvalue weighted by Gasteiger charge is -2.28. The molecule has 0 atom stereocenters. The van der Waals surface area contributed by atoms with Crippen LogP contribution in [0.1, 0.15) is 56.4 Å². The second-order valence-corrected chi connectivity index (χ2v) is 11.4. The third kappa shape index (κ3) is 4.97. The zero-order valence-electron chi connectivity index (χ0n) is 19.4. The van der Waals surface area contributed by atoms with Crippen LogP contribution in [-0.4, -0.2) is 38.0 Å². The Hall–Kier alpha value is -2.31. The van der Waals surface area contributed by atoms with Crippen LogP contribution in [-0.2, 0) is 16.7 Å². The monoisotopic (exact) mass is 466 g/mol. The molecule has 2 heterocycles. The van der Waals surface area contributed by atoms with E-state index >= 15 is 0 Å². The zero-order chi connectivity index (χ0) is 22.8. The maximum absolute atomic E-state index is 12.8. The molecule has 3 aromatic rings. The van der Waals surface area contributed by atoms with Crippen LogP contribution in [0.3, 0.4) is 0 Å². The Bertz CT molecular complexity index is 1190. The Kier molecular flexibility index (Phi) is 6.48. The summed E-state index contributed by atoms with van der Waals surface area (Å²) in [6.45, 7) is 3.24.